The van der Waals surface area contributed by atoms with E-state index < -0.39 is 17.9 Å². The molecule has 150 valence electrons. The quantitative estimate of drug-likeness (QED) is 0.401. The lowest BCUT2D eigenvalue weighted by Crippen LogP contribution is -2.41. The third kappa shape index (κ3) is 6.71. The fourth-order valence-corrected chi connectivity index (χ4v) is 3.08. The van der Waals surface area contributed by atoms with Crippen molar-refractivity contribution < 1.29 is 19.4 Å². The van der Waals surface area contributed by atoms with Crippen LogP contribution in [-0.2, 0) is 19.4 Å². The van der Waals surface area contributed by atoms with Gasteiger partial charge in [-0.3, -0.25) is 0 Å². The summed E-state index contributed by atoms with van der Waals surface area (Å²) in [6.07, 6.45) is 0. The SMILES string of the molecule is C=C(C)CNc1ccc(C)c(C(C(=O)OOC(C)=O)C(C)N(CC)CC)c1. The molecule has 0 saturated heterocycles. The van der Waals surface area contributed by atoms with Gasteiger partial charge in [0.1, 0.15) is 5.92 Å². The molecular weight excluding hydrogens is 344 g/mol. The highest BCUT2D eigenvalue weighted by Crippen LogP contribution is 2.30. The number of aryl methyl sites for hydroxylation is 1. The Bertz CT molecular complexity index is 668. The number of nitrogens with one attached hydrogen (secondary N) is 1. The molecule has 0 aromatic heterocycles. The zero-order valence-electron chi connectivity index (χ0n) is 17.3. The molecule has 0 aliphatic rings. The predicted molar refractivity (Wildman–Crippen MR) is 107 cm³/mol. The van der Waals surface area contributed by atoms with Crippen molar-refractivity contribution in [2.75, 3.05) is 25.0 Å². The van der Waals surface area contributed by atoms with Gasteiger partial charge in [0, 0.05) is 25.2 Å². The Labute approximate surface area is 162 Å². The van der Waals surface area contributed by atoms with Gasteiger partial charge in [-0.1, -0.05) is 32.1 Å². The maximum absolute atomic E-state index is 12.8. The molecule has 2 atom stereocenters. The molecule has 27 heavy (non-hydrogen) atoms. The maximum Gasteiger partial charge on any atom is 0.364 e. The molecule has 1 rings (SSSR count). The first-order valence-corrected chi connectivity index (χ1v) is 9.32. The van der Waals surface area contributed by atoms with Gasteiger partial charge in [0.25, 0.3) is 0 Å². The van der Waals surface area contributed by atoms with E-state index in [-0.39, 0.29) is 6.04 Å². The van der Waals surface area contributed by atoms with Crippen LogP contribution in [0.1, 0.15) is 51.7 Å². The van der Waals surface area contributed by atoms with Crippen LogP contribution in [0.2, 0.25) is 0 Å². The predicted octanol–water partition coefficient (Wildman–Crippen LogP) is 3.82. The fraction of sp³-hybridized carbons (Fsp3) is 0.524. The monoisotopic (exact) mass is 376 g/mol. The summed E-state index contributed by atoms with van der Waals surface area (Å²) in [5, 5.41) is 3.30. The minimum atomic E-state index is -0.661. The average Bonchev–Trinajstić information content (AvgIpc) is 2.61. The molecule has 0 bridgehead atoms. The van der Waals surface area contributed by atoms with E-state index in [2.05, 4.69) is 21.7 Å². The molecule has 1 N–H and O–H groups in total. The van der Waals surface area contributed by atoms with Crippen molar-refractivity contribution in [3.8, 4) is 0 Å². The van der Waals surface area contributed by atoms with E-state index in [0.717, 1.165) is 35.5 Å². The Morgan fingerprint density at radius 3 is 2.33 bits per heavy atom. The van der Waals surface area contributed by atoms with Gasteiger partial charge in [-0.05, 0) is 57.1 Å². The summed E-state index contributed by atoms with van der Waals surface area (Å²) in [4.78, 5) is 35.4. The van der Waals surface area contributed by atoms with Gasteiger partial charge in [0.15, 0.2) is 0 Å². The second-order valence-corrected chi connectivity index (χ2v) is 6.80. The number of rotatable bonds is 9. The second kappa shape index (κ2) is 10.7. The zero-order valence-corrected chi connectivity index (χ0v) is 17.3. The summed E-state index contributed by atoms with van der Waals surface area (Å²) in [5.74, 6) is -1.83. The Kier molecular flexibility index (Phi) is 9.02. The van der Waals surface area contributed by atoms with Crippen LogP contribution >= 0.6 is 0 Å². The fourth-order valence-electron chi connectivity index (χ4n) is 3.08. The molecule has 6 heteroatoms. The zero-order chi connectivity index (χ0) is 20.6. The largest absolute Gasteiger partial charge is 0.381 e. The smallest absolute Gasteiger partial charge is 0.364 e. The van der Waals surface area contributed by atoms with Gasteiger partial charge in [-0.25, -0.2) is 19.4 Å². The van der Waals surface area contributed by atoms with Gasteiger partial charge in [-0.15, -0.1) is 0 Å². The van der Waals surface area contributed by atoms with Crippen LogP contribution in [-0.4, -0.2) is 42.5 Å². The van der Waals surface area contributed by atoms with E-state index in [0.29, 0.717) is 6.54 Å². The molecule has 1 aromatic rings. The van der Waals surface area contributed by atoms with Crippen LogP contribution in [0, 0.1) is 6.92 Å². The molecule has 2 unspecified atom stereocenters. The first-order valence-electron chi connectivity index (χ1n) is 9.32. The van der Waals surface area contributed by atoms with Crippen LogP contribution in [0.25, 0.3) is 0 Å². The average molecular weight is 376 g/mol. The van der Waals surface area contributed by atoms with Crippen LogP contribution in [0.4, 0.5) is 5.69 Å². The van der Waals surface area contributed by atoms with Crippen molar-refractivity contribution in [3.05, 3.63) is 41.5 Å². The molecule has 1 aromatic carbocycles. The van der Waals surface area contributed by atoms with E-state index in [1.807, 2.05) is 52.8 Å². The van der Waals surface area contributed by atoms with Crippen LogP contribution < -0.4 is 5.32 Å². The lowest BCUT2D eigenvalue weighted by Gasteiger charge is -2.32. The number of nitrogens with zero attached hydrogens (tertiary/aromatic N) is 1. The number of hydrogen-bond acceptors (Lipinski definition) is 6. The lowest BCUT2D eigenvalue weighted by molar-refractivity contribution is -0.259. The molecule has 0 radical (unpaired) electrons. The van der Waals surface area contributed by atoms with Gasteiger partial charge < -0.3 is 10.2 Å². The van der Waals surface area contributed by atoms with E-state index in [4.69, 9.17) is 4.89 Å². The molecule has 0 fully saturated rings. The maximum atomic E-state index is 12.8. The van der Waals surface area contributed by atoms with Crippen molar-refractivity contribution in [2.45, 2.75) is 53.5 Å². The molecule has 0 aliphatic heterocycles. The summed E-state index contributed by atoms with van der Waals surface area (Å²) >= 11 is 0. The second-order valence-electron chi connectivity index (χ2n) is 6.80. The molecule has 6 nitrogen and oxygen atoms in total. The van der Waals surface area contributed by atoms with Crippen LogP contribution in [0.15, 0.2) is 30.4 Å². The van der Waals surface area contributed by atoms with Crippen LogP contribution in [0.5, 0.6) is 0 Å². The minimum Gasteiger partial charge on any atom is -0.381 e. The highest BCUT2D eigenvalue weighted by molar-refractivity contribution is 5.80. The number of hydrogen-bond donors (Lipinski definition) is 1. The Hall–Kier alpha value is -2.34. The van der Waals surface area contributed by atoms with Crippen molar-refractivity contribution in [1.29, 1.82) is 0 Å². The lowest BCUT2D eigenvalue weighted by atomic mass is 9.88. The van der Waals surface area contributed by atoms with Crippen molar-refractivity contribution in [2.24, 2.45) is 0 Å². The van der Waals surface area contributed by atoms with Crippen molar-refractivity contribution in [1.82, 2.24) is 4.90 Å². The first kappa shape index (κ1) is 22.7. The van der Waals surface area contributed by atoms with Crippen molar-refractivity contribution in [3.63, 3.8) is 0 Å². The van der Waals surface area contributed by atoms with Gasteiger partial charge in [0.2, 0.25) is 0 Å². The van der Waals surface area contributed by atoms with Gasteiger partial charge >= 0.3 is 11.9 Å². The molecule has 0 aliphatic carbocycles. The van der Waals surface area contributed by atoms with Gasteiger partial charge in [-0.2, -0.15) is 0 Å². The molecule has 0 heterocycles. The van der Waals surface area contributed by atoms with E-state index >= 15 is 0 Å². The Morgan fingerprint density at radius 2 is 1.81 bits per heavy atom. The highest BCUT2D eigenvalue weighted by Gasteiger charge is 2.34. The third-order valence-electron chi connectivity index (χ3n) is 4.57. The van der Waals surface area contributed by atoms with E-state index in [1.54, 1.807) is 0 Å². The Balaban J connectivity index is 3.27. The molecular formula is C21H32N2O4. The third-order valence-corrected chi connectivity index (χ3v) is 4.57. The summed E-state index contributed by atoms with van der Waals surface area (Å²) in [6.45, 7) is 17.3. The first-order chi connectivity index (χ1) is 12.7. The summed E-state index contributed by atoms with van der Waals surface area (Å²) < 4.78 is 0. The highest BCUT2D eigenvalue weighted by atomic mass is 17.2. The molecule has 0 amide bonds. The normalized spacial score (nSPS) is 13.0. The number of anilines is 1. The van der Waals surface area contributed by atoms with Crippen molar-refractivity contribution >= 4 is 17.6 Å². The van der Waals surface area contributed by atoms with E-state index in [1.165, 1.54) is 6.92 Å². The number of benzene rings is 1. The summed E-state index contributed by atoms with van der Waals surface area (Å²) in [7, 11) is 0. The summed E-state index contributed by atoms with van der Waals surface area (Å²) in [5.41, 5.74) is 3.73. The van der Waals surface area contributed by atoms with E-state index in [9.17, 15) is 9.59 Å². The van der Waals surface area contributed by atoms with Gasteiger partial charge in [0.05, 0.1) is 0 Å². The Morgan fingerprint density at radius 1 is 1.19 bits per heavy atom. The number of likely N-dealkylation sites (N-methyl/N-ethyl adjacent to an activating group) is 1. The van der Waals surface area contributed by atoms with Crippen LogP contribution in [0.3, 0.4) is 0 Å². The minimum absolute atomic E-state index is 0.127. The number of carbonyl (C=O) groups excluding carboxylic acids is 2. The molecule has 0 saturated carbocycles. The summed E-state index contributed by atoms with van der Waals surface area (Å²) in [6, 6.07) is 5.77. The molecule has 0 spiro atoms. The topological polar surface area (TPSA) is 67.9 Å². The standard InChI is InChI=1S/C21H32N2O4/c1-8-23(9-2)16(6)20(21(25)27-26-17(7)24)19-12-18(11-10-15(19)5)22-13-14(3)4/h10-12,16,20,22H,3,8-9,13H2,1-2,4-7H3. The number of carbonyl (C=O) groups is 2.